The van der Waals surface area contributed by atoms with Crippen LogP contribution in [0.2, 0.25) is 0 Å². The van der Waals surface area contributed by atoms with Gasteiger partial charge in [0.15, 0.2) is 0 Å². The normalized spacial score (nSPS) is 13.0. The van der Waals surface area contributed by atoms with Gasteiger partial charge >= 0.3 is 0 Å². The quantitative estimate of drug-likeness (QED) is 0.533. The van der Waals surface area contributed by atoms with E-state index in [0.717, 1.165) is 32.1 Å². The van der Waals surface area contributed by atoms with E-state index in [4.69, 9.17) is 0 Å². The number of halogens is 1. The Bertz CT molecular complexity index is 112. The average molecular weight is 268 g/mol. The number of carbonyl (C=O) groups excluding carboxylic acids is 1. The van der Waals surface area contributed by atoms with Crippen molar-refractivity contribution in [3.05, 3.63) is 0 Å². The van der Waals surface area contributed by atoms with Crippen molar-refractivity contribution in [1.29, 1.82) is 0 Å². The van der Waals surface area contributed by atoms with Gasteiger partial charge in [0.2, 0.25) is 0 Å². The first-order chi connectivity index (χ1) is 5.22. The van der Waals surface area contributed by atoms with Crippen molar-refractivity contribution in [2.24, 2.45) is 0 Å². The minimum Gasteiger partial charge on any atom is -0.299 e. The summed E-state index contributed by atoms with van der Waals surface area (Å²) in [6.07, 6.45) is 5.13. The summed E-state index contributed by atoms with van der Waals surface area (Å²) in [6.45, 7) is 4.24. The van der Waals surface area contributed by atoms with Gasteiger partial charge in [-0.2, -0.15) is 0 Å². The van der Waals surface area contributed by atoms with Crippen molar-refractivity contribution < 1.29 is 4.79 Å². The first-order valence-corrected chi connectivity index (χ1v) is 5.63. The zero-order chi connectivity index (χ0) is 8.69. The van der Waals surface area contributed by atoms with Crippen molar-refractivity contribution in [3.8, 4) is 0 Å². The molecule has 0 aromatic heterocycles. The van der Waals surface area contributed by atoms with Crippen molar-refractivity contribution in [2.45, 2.75) is 49.9 Å². The van der Waals surface area contributed by atoms with E-state index in [1.54, 1.807) is 0 Å². The highest BCUT2D eigenvalue weighted by molar-refractivity contribution is 14.1. The molecular weight excluding hydrogens is 251 g/mol. The Labute approximate surface area is 83.1 Å². The highest BCUT2D eigenvalue weighted by Gasteiger charge is 2.11. The molecule has 0 fully saturated rings. The highest BCUT2D eigenvalue weighted by Crippen LogP contribution is 2.13. The van der Waals surface area contributed by atoms with Crippen LogP contribution in [0.1, 0.15) is 46.0 Å². The lowest BCUT2D eigenvalue weighted by Crippen LogP contribution is -2.12. The number of hydrogen-bond donors (Lipinski definition) is 0. The van der Waals surface area contributed by atoms with E-state index in [1.807, 2.05) is 0 Å². The number of ketones is 1. The lowest BCUT2D eigenvalue weighted by Gasteiger charge is -2.05. The maximum Gasteiger partial charge on any atom is 0.145 e. The van der Waals surface area contributed by atoms with Gasteiger partial charge in [-0.15, -0.1) is 0 Å². The third kappa shape index (κ3) is 5.65. The summed E-state index contributed by atoms with van der Waals surface area (Å²) in [6, 6.07) is 0. The van der Waals surface area contributed by atoms with Crippen LogP contribution in [0, 0.1) is 0 Å². The SMILES string of the molecule is CCCCC(=O)C(I)CCC. The first kappa shape index (κ1) is 11.4. The Morgan fingerprint density at radius 3 is 2.45 bits per heavy atom. The first-order valence-electron chi connectivity index (χ1n) is 4.39. The van der Waals surface area contributed by atoms with Gasteiger partial charge in [-0.25, -0.2) is 0 Å². The second-order valence-electron chi connectivity index (χ2n) is 2.83. The predicted molar refractivity (Wildman–Crippen MR) is 57.2 cm³/mol. The van der Waals surface area contributed by atoms with Gasteiger partial charge in [0.05, 0.1) is 3.92 Å². The fourth-order valence-corrected chi connectivity index (χ4v) is 1.86. The standard InChI is InChI=1S/C9H17IO/c1-3-5-7-9(11)8(10)6-4-2/h8H,3-7H2,1-2H3. The summed E-state index contributed by atoms with van der Waals surface area (Å²) in [5.41, 5.74) is 0. The van der Waals surface area contributed by atoms with Crippen molar-refractivity contribution in [1.82, 2.24) is 0 Å². The van der Waals surface area contributed by atoms with Gasteiger partial charge in [-0.05, 0) is 12.8 Å². The Balaban J connectivity index is 3.47. The van der Waals surface area contributed by atoms with Crippen LogP contribution in [0.15, 0.2) is 0 Å². The number of carbonyl (C=O) groups is 1. The molecule has 1 atom stereocenters. The minimum absolute atomic E-state index is 0.268. The second kappa shape index (κ2) is 7.07. The Morgan fingerprint density at radius 1 is 1.36 bits per heavy atom. The molecule has 0 saturated heterocycles. The molecule has 0 saturated carbocycles. The number of unbranched alkanes of at least 4 members (excludes halogenated alkanes) is 1. The molecule has 0 aromatic carbocycles. The lowest BCUT2D eigenvalue weighted by molar-refractivity contribution is -0.118. The monoisotopic (exact) mass is 268 g/mol. The summed E-state index contributed by atoms with van der Waals surface area (Å²) in [5, 5.41) is 0. The van der Waals surface area contributed by atoms with Crippen LogP contribution < -0.4 is 0 Å². The number of alkyl halides is 1. The largest absolute Gasteiger partial charge is 0.299 e. The number of rotatable bonds is 6. The van der Waals surface area contributed by atoms with Crippen LogP contribution in [0.25, 0.3) is 0 Å². The fraction of sp³-hybridized carbons (Fsp3) is 0.889. The van der Waals surface area contributed by atoms with Gasteiger partial charge in [0.1, 0.15) is 5.78 Å². The molecule has 0 N–H and O–H groups in total. The van der Waals surface area contributed by atoms with Crippen LogP contribution in [-0.2, 0) is 4.79 Å². The molecule has 2 heteroatoms. The van der Waals surface area contributed by atoms with E-state index in [-0.39, 0.29) is 3.92 Å². The molecule has 0 rings (SSSR count). The van der Waals surface area contributed by atoms with Crippen LogP contribution in [-0.4, -0.2) is 9.71 Å². The molecule has 0 aromatic rings. The van der Waals surface area contributed by atoms with Gasteiger partial charge < -0.3 is 0 Å². The zero-order valence-electron chi connectivity index (χ0n) is 7.40. The summed E-state index contributed by atoms with van der Waals surface area (Å²) in [7, 11) is 0. The van der Waals surface area contributed by atoms with E-state index >= 15 is 0 Å². The molecule has 0 radical (unpaired) electrons. The smallest absolute Gasteiger partial charge is 0.145 e. The summed E-state index contributed by atoms with van der Waals surface area (Å²) in [5.74, 6) is 0.439. The maximum absolute atomic E-state index is 11.3. The van der Waals surface area contributed by atoms with E-state index < -0.39 is 0 Å². The number of hydrogen-bond acceptors (Lipinski definition) is 1. The third-order valence-electron chi connectivity index (χ3n) is 1.67. The van der Waals surface area contributed by atoms with Gasteiger partial charge in [0.25, 0.3) is 0 Å². The van der Waals surface area contributed by atoms with Gasteiger partial charge in [-0.1, -0.05) is 49.3 Å². The van der Waals surface area contributed by atoms with E-state index in [9.17, 15) is 4.79 Å². The van der Waals surface area contributed by atoms with Crippen molar-refractivity contribution in [3.63, 3.8) is 0 Å². The van der Waals surface area contributed by atoms with Gasteiger partial charge in [0, 0.05) is 6.42 Å². The Morgan fingerprint density at radius 2 is 2.00 bits per heavy atom. The molecule has 0 amide bonds. The van der Waals surface area contributed by atoms with Crippen LogP contribution in [0.4, 0.5) is 0 Å². The molecule has 0 heterocycles. The Kier molecular flexibility index (Phi) is 7.33. The average Bonchev–Trinajstić information content (AvgIpc) is 2.00. The van der Waals surface area contributed by atoms with Gasteiger partial charge in [-0.3, -0.25) is 4.79 Å². The zero-order valence-corrected chi connectivity index (χ0v) is 9.56. The molecule has 0 aliphatic heterocycles. The van der Waals surface area contributed by atoms with Crippen molar-refractivity contribution >= 4 is 28.4 Å². The third-order valence-corrected chi connectivity index (χ3v) is 2.99. The molecule has 1 nitrogen and oxygen atoms in total. The molecule has 1 unspecified atom stereocenters. The second-order valence-corrected chi connectivity index (χ2v) is 4.33. The summed E-state index contributed by atoms with van der Waals surface area (Å²) < 4.78 is 0.268. The van der Waals surface area contributed by atoms with E-state index in [0.29, 0.717) is 5.78 Å². The lowest BCUT2D eigenvalue weighted by atomic mass is 10.1. The van der Waals surface area contributed by atoms with Crippen LogP contribution in [0.5, 0.6) is 0 Å². The maximum atomic E-state index is 11.3. The fourth-order valence-electron chi connectivity index (χ4n) is 0.922. The highest BCUT2D eigenvalue weighted by atomic mass is 127. The summed E-state index contributed by atoms with van der Waals surface area (Å²) >= 11 is 2.26. The Hall–Kier alpha value is 0.400. The molecular formula is C9H17IO. The molecule has 0 aliphatic carbocycles. The molecule has 0 bridgehead atoms. The number of Topliss-reactive ketones (excluding diaryl/α,β-unsaturated/α-hetero) is 1. The molecule has 66 valence electrons. The topological polar surface area (TPSA) is 17.1 Å². The molecule has 11 heavy (non-hydrogen) atoms. The minimum atomic E-state index is 0.268. The van der Waals surface area contributed by atoms with Crippen LogP contribution >= 0.6 is 22.6 Å². The molecule has 0 spiro atoms. The van der Waals surface area contributed by atoms with Crippen molar-refractivity contribution in [2.75, 3.05) is 0 Å². The predicted octanol–water partition coefficient (Wildman–Crippen LogP) is 3.35. The summed E-state index contributed by atoms with van der Waals surface area (Å²) in [4.78, 5) is 11.3. The van der Waals surface area contributed by atoms with E-state index in [1.165, 1.54) is 0 Å². The molecule has 0 aliphatic rings. The van der Waals surface area contributed by atoms with Crippen LogP contribution in [0.3, 0.4) is 0 Å². The van der Waals surface area contributed by atoms with E-state index in [2.05, 4.69) is 36.4 Å².